The first kappa shape index (κ1) is 16.8. The molecule has 3 rings (SSSR count). The highest BCUT2D eigenvalue weighted by Crippen LogP contribution is 2.47. The minimum absolute atomic E-state index is 0.00710. The molecule has 0 spiro atoms. The highest BCUT2D eigenvalue weighted by molar-refractivity contribution is 6.11. The lowest BCUT2D eigenvalue weighted by Crippen LogP contribution is -2.23. The predicted molar refractivity (Wildman–Crippen MR) is 101 cm³/mol. The minimum atomic E-state index is -0.00710. The van der Waals surface area contributed by atoms with Crippen molar-refractivity contribution in [3.63, 3.8) is 0 Å². The summed E-state index contributed by atoms with van der Waals surface area (Å²) in [5.74, 6) is -0.00710. The molecule has 0 bridgehead atoms. The number of hydrogen-bond donors (Lipinski definition) is 1. The molecule has 1 aromatic heterocycles. The van der Waals surface area contributed by atoms with Crippen molar-refractivity contribution in [3.05, 3.63) is 40.6 Å². The highest BCUT2D eigenvalue weighted by atomic mass is 16.1. The van der Waals surface area contributed by atoms with Crippen molar-refractivity contribution in [2.75, 3.05) is 7.05 Å². The van der Waals surface area contributed by atoms with E-state index in [4.69, 9.17) is 0 Å². The Hall–Kier alpha value is -2.03. The molecule has 1 heterocycles. The number of rotatable bonds is 2. The lowest BCUT2D eigenvalue weighted by atomic mass is 9.72. The molecule has 0 unspecified atom stereocenters. The molecule has 1 aliphatic rings. The van der Waals surface area contributed by atoms with Crippen molar-refractivity contribution in [3.8, 4) is 0 Å². The van der Waals surface area contributed by atoms with Crippen LogP contribution in [0.25, 0.3) is 16.5 Å². The van der Waals surface area contributed by atoms with Gasteiger partial charge in [-0.3, -0.25) is 4.79 Å². The predicted octanol–water partition coefficient (Wildman–Crippen LogP) is 4.69. The van der Waals surface area contributed by atoms with Gasteiger partial charge >= 0.3 is 0 Å². The number of benzene rings is 1. The van der Waals surface area contributed by atoms with Gasteiger partial charge in [0.15, 0.2) is 0 Å². The van der Waals surface area contributed by atoms with Gasteiger partial charge in [-0.05, 0) is 49.3 Å². The number of nitrogens with zero attached hydrogens (tertiary/aromatic N) is 1. The van der Waals surface area contributed by atoms with E-state index in [1.165, 1.54) is 22.4 Å². The maximum atomic E-state index is 12.5. The Labute approximate surface area is 144 Å². The van der Waals surface area contributed by atoms with Gasteiger partial charge in [0.1, 0.15) is 0 Å². The Bertz CT molecular complexity index is 852. The molecular formula is C21H28N2O. The fraction of sp³-hybridized carbons (Fsp3) is 0.476. The van der Waals surface area contributed by atoms with Gasteiger partial charge in [0, 0.05) is 41.8 Å². The van der Waals surface area contributed by atoms with E-state index in [1.54, 1.807) is 7.05 Å². The normalized spacial score (nSPS) is 18.4. The Morgan fingerprint density at radius 1 is 1.29 bits per heavy atom. The SMILES string of the molecule is CC/C(C)=C1/CC(C)(C)Cc2c1c1c(C(=O)NC)cccc1n2C. The number of fused-ring (bicyclic) bond motifs is 3. The van der Waals surface area contributed by atoms with Gasteiger partial charge < -0.3 is 9.88 Å². The molecule has 3 heteroatoms. The Morgan fingerprint density at radius 3 is 2.62 bits per heavy atom. The Balaban J connectivity index is 2.45. The largest absolute Gasteiger partial charge is 0.355 e. The van der Waals surface area contributed by atoms with E-state index in [0.29, 0.717) is 0 Å². The van der Waals surface area contributed by atoms with Crippen molar-refractivity contribution < 1.29 is 4.79 Å². The van der Waals surface area contributed by atoms with Crippen LogP contribution >= 0.6 is 0 Å². The Morgan fingerprint density at radius 2 is 2.00 bits per heavy atom. The number of allylic oxidation sites excluding steroid dienone is 2. The van der Waals surface area contributed by atoms with Gasteiger partial charge in [0.05, 0.1) is 0 Å². The first-order valence-electron chi connectivity index (χ1n) is 8.82. The quantitative estimate of drug-likeness (QED) is 0.854. The lowest BCUT2D eigenvalue weighted by Gasteiger charge is -2.33. The standard InChI is InChI=1S/C21H28N2O/c1-7-13(2)15-11-21(3,4)12-17-19(15)18-14(20(24)22-5)9-8-10-16(18)23(17)6/h8-10H,7,11-12H2,1-6H3,(H,22,24)/b15-13-. The smallest absolute Gasteiger partial charge is 0.251 e. The van der Waals surface area contributed by atoms with E-state index < -0.39 is 0 Å². The Kier molecular flexibility index (Phi) is 4.06. The topological polar surface area (TPSA) is 34.0 Å². The molecule has 0 saturated carbocycles. The van der Waals surface area contributed by atoms with Crippen LogP contribution < -0.4 is 5.32 Å². The summed E-state index contributed by atoms with van der Waals surface area (Å²) >= 11 is 0. The van der Waals surface area contributed by atoms with E-state index in [9.17, 15) is 4.79 Å². The molecule has 0 radical (unpaired) electrons. The summed E-state index contributed by atoms with van der Waals surface area (Å²) in [7, 11) is 3.84. The summed E-state index contributed by atoms with van der Waals surface area (Å²) in [6.07, 6.45) is 3.16. The molecule has 1 aromatic carbocycles. The zero-order valence-corrected chi connectivity index (χ0v) is 15.7. The number of carbonyl (C=O) groups excluding carboxylic acids is 1. The molecule has 0 aliphatic heterocycles. The van der Waals surface area contributed by atoms with E-state index in [2.05, 4.69) is 50.7 Å². The number of aryl methyl sites for hydroxylation is 1. The summed E-state index contributed by atoms with van der Waals surface area (Å²) in [6, 6.07) is 6.06. The fourth-order valence-corrected chi connectivity index (χ4v) is 4.06. The molecular weight excluding hydrogens is 296 g/mol. The van der Waals surface area contributed by atoms with Crippen LogP contribution in [0, 0.1) is 5.41 Å². The van der Waals surface area contributed by atoms with Gasteiger partial charge in [-0.25, -0.2) is 0 Å². The van der Waals surface area contributed by atoms with Gasteiger partial charge in [-0.15, -0.1) is 0 Å². The van der Waals surface area contributed by atoms with Crippen LogP contribution in [0.2, 0.25) is 0 Å². The van der Waals surface area contributed by atoms with Crippen molar-refractivity contribution in [2.45, 2.75) is 47.0 Å². The third-order valence-corrected chi connectivity index (χ3v) is 5.47. The monoisotopic (exact) mass is 324 g/mol. The van der Waals surface area contributed by atoms with Crippen LogP contribution in [0.4, 0.5) is 0 Å². The van der Waals surface area contributed by atoms with Gasteiger partial charge in [-0.2, -0.15) is 0 Å². The molecule has 128 valence electrons. The second-order valence-electron chi connectivity index (χ2n) is 7.79. The first-order chi connectivity index (χ1) is 11.3. The maximum Gasteiger partial charge on any atom is 0.251 e. The van der Waals surface area contributed by atoms with Crippen molar-refractivity contribution in [2.24, 2.45) is 12.5 Å². The van der Waals surface area contributed by atoms with Crippen LogP contribution in [0.15, 0.2) is 23.8 Å². The number of aromatic nitrogens is 1. The highest BCUT2D eigenvalue weighted by Gasteiger charge is 2.34. The average Bonchev–Trinajstić information content (AvgIpc) is 2.84. The zero-order valence-electron chi connectivity index (χ0n) is 15.7. The summed E-state index contributed by atoms with van der Waals surface area (Å²) in [4.78, 5) is 12.5. The van der Waals surface area contributed by atoms with Crippen LogP contribution in [0.3, 0.4) is 0 Å². The zero-order chi connectivity index (χ0) is 17.6. The third-order valence-electron chi connectivity index (χ3n) is 5.47. The third kappa shape index (κ3) is 2.47. The molecule has 3 nitrogen and oxygen atoms in total. The minimum Gasteiger partial charge on any atom is -0.355 e. The molecule has 1 amide bonds. The number of nitrogens with one attached hydrogen (secondary N) is 1. The van der Waals surface area contributed by atoms with Crippen LogP contribution in [-0.2, 0) is 13.5 Å². The van der Waals surface area contributed by atoms with Crippen LogP contribution in [-0.4, -0.2) is 17.5 Å². The summed E-state index contributed by atoms with van der Waals surface area (Å²) in [6.45, 7) is 9.14. The molecule has 24 heavy (non-hydrogen) atoms. The van der Waals surface area contributed by atoms with Crippen molar-refractivity contribution >= 4 is 22.4 Å². The van der Waals surface area contributed by atoms with E-state index in [-0.39, 0.29) is 11.3 Å². The molecule has 1 aliphatic carbocycles. The van der Waals surface area contributed by atoms with Crippen molar-refractivity contribution in [1.29, 1.82) is 0 Å². The van der Waals surface area contributed by atoms with Gasteiger partial charge in [0.25, 0.3) is 5.91 Å². The maximum absolute atomic E-state index is 12.5. The summed E-state index contributed by atoms with van der Waals surface area (Å²) < 4.78 is 2.29. The van der Waals surface area contributed by atoms with Crippen LogP contribution in [0.1, 0.15) is 62.2 Å². The molecule has 0 atom stereocenters. The van der Waals surface area contributed by atoms with Crippen LogP contribution in [0.5, 0.6) is 0 Å². The average molecular weight is 324 g/mol. The molecule has 0 fully saturated rings. The number of hydrogen-bond acceptors (Lipinski definition) is 1. The van der Waals surface area contributed by atoms with Crippen molar-refractivity contribution in [1.82, 2.24) is 9.88 Å². The second-order valence-corrected chi connectivity index (χ2v) is 7.79. The second kappa shape index (κ2) is 5.80. The van der Waals surface area contributed by atoms with Gasteiger partial charge in [-0.1, -0.05) is 32.4 Å². The van der Waals surface area contributed by atoms with Gasteiger partial charge in [0.2, 0.25) is 0 Å². The molecule has 1 N–H and O–H groups in total. The lowest BCUT2D eigenvalue weighted by molar-refractivity contribution is 0.0964. The van der Waals surface area contributed by atoms with E-state index in [0.717, 1.165) is 35.7 Å². The first-order valence-corrected chi connectivity index (χ1v) is 8.82. The number of carbonyl (C=O) groups is 1. The number of amides is 1. The molecule has 0 saturated heterocycles. The summed E-state index contributed by atoms with van der Waals surface area (Å²) in [5.41, 5.74) is 7.72. The fourth-order valence-electron chi connectivity index (χ4n) is 4.06. The van der Waals surface area contributed by atoms with E-state index >= 15 is 0 Å². The van der Waals surface area contributed by atoms with E-state index in [1.807, 2.05) is 12.1 Å². The summed E-state index contributed by atoms with van der Waals surface area (Å²) in [5, 5.41) is 3.92. The molecule has 2 aromatic rings.